The van der Waals surface area contributed by atoms with E-state index in [0.717, 1.165) is 6.42 Å². The topological polar surface area (TPSA) is 42.6 Å². The fourth-order valence-corrected chi connectivity index (χ4v) is 1.10. The Kier molecular flexibility index (Phi) is 2.63. The van der Waals surface area contributed by atoms with E-state index in [0.29, 0.717) is 23.9 Å². The molecule has 0 amide bonds. The zero-order valence-corrected chi connectivity index (χ0v) is 7.68. The lowest BCUT2D eigenvalue weighted by molar-refractivity contribution is 0.313. The summed E-state index contributed by atoms with van der Waals surface area (Å²) in [6, 6.07) is 0. The lowest BCUT2D eigenvalue weighted by Gasteiger charge is -2.00. The Bertz CT molecular complexity index is 263. The van der Waals surface area contributed by atoms with Gasteiger partial charge < -0.3 is 14.3 Å². The second kappa shape index (κ2) is 3.52. The van der Waals surface area contributed by atoms with Gasteiger partial charge in [0.25, 0.3) is 0 Å². The largest absolute Gasteiger partial charge is 0.502 e. The van der Waals surface area contributed by atoms with Crippen LogP contribution >= 0.6 is 0 Å². The minimum atomic E-state index is 0.133. The number of furan rings is 1. The van der Waals surface area contributed by atoms with Gasteiger partial charge in [0.2, 0.25) is 5.75 Å². The first-order valence-corrected chi connectivity index (χ1v) is 4.14. The maximum Gasteiger partial charge on any atom is 0.203 e. The van der Waals surface area contributed by atoms with E-state index in [2.05, 4.69) is 0 Å². The third-order valence-electron chi connectivity index (χ3n) is 1.69. The van der Waals surface area contributed by atoms with Gasteiger partial charge in [0.15, 0.2) is 5.75 Å². The molecule has 12 heavy (non-hydrogen) atoms. The third kappa shape index (κ3) is 1.40. The van der Waals surface area contributed by atoms with Gasteiger partial charge in [-0.15, -0.1) is 0 Å². The van der Waals surface area contributed by atoms with Crippen LogP contribution in [0.1, 0.15) is 25.4 Å². The number of ether oxygens (including phenoxy) is 1. The fraction of sp³-hybridized carbons (Fsp3) is 0.556. The van der Waals surface area contributed by atoms with Crippen LogP contribution in [0.5, 0.6) is 11.5 Å². The molecule has 0 aliphatic rings. The summed E-state index contributed by atoms with van der Waals surface area (Å²) in [5.74, 6) is 1.87. The highest BCUT2D eigenvalue weighted by Gasteiger charge is 2.16. The minimum Gasteiger partial charge on any atom is -0.502 e. The molecular weight excluding hydrogens is 156 g/mol. The van der Waals surface area contributed by atoms with E-state index < -0.39 is 0 Å². The van der Waals surface area contributed by atoms with Crippen LogP contribution in [-0.2, 0) is 6.42 Å². The lowest BCUT2D eigenvalue weighted by atomic mass is 10.3. The average molecular weight is 170 g/mol. The van der Waals surface area contributed by atoms with Crippen LogP contribution in [-0.4, -0.2) is 11.7 Å². The molecule has 0 saturated carbocycles. The maximum absolute atomic E-state index is 9.46. The predicted octanol–water partition coefficient (Wildman–Crippen LogP) is 2.25. The van der Waals surface area contributed by atoms with Crippen molar-refractivity contribution < 1.29 is 14.3 Å². The first kappa shape index (κ1) is 8.97. The van der Waals surface area contributed by atoms with Crippen LogP contribution < -0.4 is 4.74 Å². The second-order valence-corrected chi connectivity index (χ2v) is 2.55. The second-order valence-electron chi connectivity index (χ2n) is 2.55. The van der Waals surface area contributed by atoms with E-state index >= 15 is 0 Å². The maximum atomic E-state index is 9.46. The van der Waals surface area contributed by atoms with Crippen LogP contribution in [0, 0.1) is 6.92 Å². The molecule has 1 aromatic heterocycles. The standard InChI is InChI=1S/C9H14O3/c1-4-7-9(11-5-2)8(10)6(3)12-7/h10H,4-5H2,1-3H3. The molecule has 0 atom stereocenters. The zero-order valence-electron chi connectivity index (χ0n) is 7.68. The number of hydrogen-bond donors (Lipinski definition) is 1. The predicted molar refractivity (Wildman–Crippen MR) is 45.7 cm³/mol. The molecule has 1 heterocycles. The van der Waals surface area contributed by atoms with E-state index in [4.69, 9.17) is 9.15 Å². The summed E-state index contributed by atoms with van der Waals surface area (Å²) >= 11 is 0. The molecule has 0 radical (unpaired) electrons. The Morgan fingerprint density at radius 1 is 1.42 bits per heavy atom. The summed E-state index contributed by atoms with van der Waals surface area (Å²) in [7, 11) is 0. The van der Waals surface area contributed by atoms with E-state index in [-0.39, 0.29) is 5.75 Å². The van der Waals surface area contributed by atoms with Crippen molar-refractivity contribution in [2.24, 2.45) is 0 Å². The molecule has 0 spiro atoms. The highest BCUT2D eigenvalue weighted by Crippen LogP contribution is 2.36. The molecule has 0 aliphatic heterocycles. The highest BCUT2D eigenvalue weighted by molar-refractivity contribution is 5.44. The van der Waals surface area contributed by atoms with Gasteiger partial charge in [-0.2, -0.15) is 0 Å². The molecule has 0 aromatic carbocycles. The van der Waals surface area contributed by atoms with Gasteiger partial charge in [0.1, 0.15) is 11.5 Å². The molecule has 0 unspecified atom stereocenters. The lowest BCUT2D eigenvalue weighted by Crippen LogP contribution is -1.92. The summed E-state index contributed by atoms with van der Waals surface area (Å²) < 4.78 is 10.5. The number of rotatable bonds is 3. The number of aryl methyl sites for hydroxylation is 2. The van der Waals surface area contributed by atoms with Crippen LogP contribution in [0.25, 0.3) is 0 Å². The third-order valence-corrected chi connectivity index (χ3v) is 1.69. The summed E-state index contributed by atoms with van der Waals surface area (Å²) in [5.41, 5.74) is 0. The molecule has 1 rings (SSSR count). The summed E-state index contributed by atoms with van der Waals surface area (Å²) in [6.07, 6.45) is 0.733. The SMILES string of the molecule is CCOc1c(CC)oc(C)c1O. The Morgan fingerprint density at radius 2 is 2.08 bits per heavy atom. The molecule has 1 N–H and O–H groups in total. The summed E-state index contributed by atoms with van der Waals surface area (Å²) in [4.78, 5) is 0. The van der Waals surface area contributed by atoms with E-state index in [9.17, 15) is 5.11 Å². The molecule has 3 nitrogen and oxygen atoms in total. The van der Waals surface area contributed by atoms with E-state index in [1.54, 1.807) is 6.92 Å². The smallest absolute Gasteiger partial charge is 0.203 e. The monoisotopic (exact) mass is 170 g/mol. The van der Waals surface area contributed by atoms with Gasteiger partial charge in [-0.05, 0) is 13.8 Å². The number of aromatic hydroxyl groups is 1. The van der Waals surface area contributed by atoms with Crippen molar-refractivity contribution in [3.63, 3.8) is 0 Å². The van der Waals surface area contributed by atoms with Crippen molar-refractivity contribution in [1.82, 2.24) is 0 Å². The molecule has 68 valence electrons. The Morgan fingerprint density at radius 3 is 2.58 bits per heavy atom. The summed E-state index contributed by atoms with van der Waals surface area (Å²) in [5, 5.41) is 9.46. The molecular formula is C9H14O3. The van der Waals surface area contributed by atoms with Crippen molar-refractivity contribution >= 4 is 0 Å². The van der Waals surface area contributed by atoms with Crippen LogP contribution in [0.3, 0.4) is 0 Å². The first-order valence-electron chi connectivity index (χ1n) is 4.14. The highest BCUT2D eigenvalue weighted by atomic mass is 16.5. The molecule has 1 aromatic rings. The summed E-state index contributed by atoms with van der Waals surface area (Å²) in [6.45, 7) is 6.10. The minimum absolute atomic E-state index is 0.133. The fourth-order valence-electron chi connectivity index (χ4n) is 1.10. The molecule has 0 bridgehead atoms. The van der Waals surface area contributed by atoms with Crippen molar-refractivity contribution in [1.29, 1.82) is 0 Å². The van der Waals surface area contributed by atoms with Crippen molar-refractivity contribution in [2.75, 3.05) is 6.61 Å². The Labute approximate surface area is 72.0 Å². The van der Waals surface area contributed by atoms with Gasteiger partial charge in [0.05, 0.1) is 6.61 Å². The molecule has 0 aliphatic carbocycles. The van der Waals surface area contributed by atoms with Gasteiger partial charge >= 0.3 is 0 Å². The normalized spacial score (nSPS) is 10.2. The van der Waals surface area contributed by atoms with E-state index in [1.807, 2.05) is 13.8 Å². The van der Waals surface area contributed by atoms with Crippen molar-refractivity contribution in [3.05, 3.63) is 11.5 Å². The van der Waals surface area contributed by atoms with Crippen molar-refractivity contribution in [2.45, 2.75) is 27.2 Å². The number of hydrogen-bond acceptors (Lipinski definition) is 3. The average Bonchev–Trinajstić information content (AvgIpc) is 2.33. The van der Waals surface area contributed by atoms with E-state index in [1.165, 1.54) is 0 Å². The first-order chi connectivity index (χ1) is 5.70. The van der Waals surface area contributed by atoms with Gasteiger partial charge in [-0.1, -0.05) is 6.92 Å². The molecule has 0 fully saturated rings. The Hall–Kier alpha value is -1.12. The van der Waals surface area contributed by atoms with Crippen LogP contribution in [0.4, 0.5) is 0 Å². The van der Waals surface area contributed by atoms with Gasteiger partial charge in [0, 0.05) is 6.42 Å². The zero-order chi connectivity index (χ0) is 9.14. The van der Waals surface area contributed by atoms with Crippen molar-refractivity contribution in [3.8, 4) is 11.5 Å². The molecule has 3 heteroatoms. The van der Waals surface area contributed by atoms with Gasteiger partial charge in [-0.3, -0.25) is 0 Å². The molecule has 0 saturated heterocycles. The quantitative estimate of drug-likeness (QED) is 0.756. The van der Waals surface area contributed by atoms with Gasteiger partial charge in [-0.25, -0.2) is 0 Å². The van der Waals surface area contributed by atoms with Crippen LogP contribution in [0.2, 0.25) is 0 Å². The Balaban J connectivity index is 3.03. The van der Waals surface area contributed by atoms with Crippen LogP contribution in [0.15, 0.2) is 4.42 Å².